The van der Waals surface area contributed by atoms with Crippen molar-refractivity contribution in [3.63, 3.8) is 0 Å². The Balaban J connectivity index is 2.50. The van der Waals surface area contributed by atoms with Crippen molar-refractivity contribution in [1.29, 1.82) is 0 Å². The molecule has 1 aliphatic carbocycles. The molecule has 1 atom stereocenters. The normalized spacial score (nSPS) is 20.6. The zero-order valence-electron chi connectivity index (χ0n) is 8.92. The summed E-state index contributed by atoms with van der Waals surface area (Å²) in [7, 11) is 1.55. The maximum Gasteiger partial charge on any atom is 0.130 e. The van der Waals surface area contributed by atoms with Crippen LogP contribution in [0.5, 0.6) is 5.75 Å². The van der Waals surface area contributed by atoms with Crippen molar-refractivity contribution in [2.24, 2.45) is 5.73 Å². The summed E-state index contributed by atoms with van der Waals surface area (Å²) in [6.07, 6.45) is 3.81. The maximum absolute atomic E-state index is 13.7. The monoisotopic (exact) mass is 209 g/mol. The highest BCUT2D eigenvalue weighted by Gasteiger charge is 2.19. The molecule has 2 nitrogen and oxygen atoms in total. The Bertz CT molecular complexity index is 365. The quantitative estimate of drug-likeness (QED) is 0.721. The Morgan fingerprint density at radius 3 is 2.93 bits per heavy atom. The molecule has 0 saturated carbocycles. The predicted octanol–water partition coefficient (Wildman–Crippen LogP) is 2.56. The molecule has 2 rings (SSSR count). The Kier molecular flexibility index (Phi) is 2.91. The first-order valence-electron chi connectivity index (χ1n) is 5.34. The van der Waals surface area contributed by atoms with Gasteiger partial charge in [-0.15, -0.1) is 0 Å². The Hall–Kier alpha value is -1.09. The lowest BCUT2D eigenvalue weighted by molar-refractivity contribution is 0.409. The van der Waals surface area contributed by atoms with Gasteiger partial charge in [0.25, 0.3) is 0 Å². The van der Waals surface area contributed by atoms with E-state index in [1.807, 2.05) is 6.07 Å². The van der Waals surface area contributed by atoms with Gasteiger partial charge in [-0.1, -0.05) is 6.42 Å². The number of benzene rings is 1. The van der Waals surface area contributed by atoms with Gasteiger partial charge in [0.15, 0.2) is 0 Å². The fourth-order valence-corrected chi connectivity index (χ4v) is 2.17. The molecule has 15 heavy (non-hydrogen) atoms. The second-order valence-corrected chi connectivity index (χ2v) is 4.03. The third-order valence-electron chi connectivity index (χ3n) is 3.03. The molecule has 1 aromatic carbocycles. The number of hydrogen-bond donors (Lipinski definition) is 1. The number of ether oxygens (including phenoxy) is 1. The van der Waals surface area contributed by atoms with Crippen LogP contribution in [0.3, 0.4) is 0 Å². The summed E-state index contributed by atoms with van der Waals surface area (Å²) < 4.78 is 18.8. The van der Waals surface area contributed by atoms with Gasteiger partial charge in [0.05, 0.1) is 7.11 Å². The van der Waals surface area contributed by atoms with Crippen LogP contribution >= 0.6 is 0 Å². The maximum atomic E-state index is 13.7. The third kappa shape index (κ3) is 1.97. The molecule has 0 heterocycles. The largest absolute Gasteiger partial charge is 0.497 e. The molecule has 0 bridgehead atoms. The van der Waals surface area contributed by atoms with Crippen molar-refractivity contribution in [3.05, 3.63) is 29.1 Å². The molecule has 1 aliphatic rings. The summed E-state index contributed by atoms with van der Waals surface area (Å²) in [6.45, 7) is 0. The van der Waals surface area contributed by atoms with Crippen LogP contribution in [0.1, 0.15) is 36.4 Å². The van der Waals surface area contributed by atoms with E-state index in [4.69, 9.17) is 10.5 Å². The lowest BCUT2D eigenvalue weighted by atomic mass is 9.99. The van der Waals surface area contributed by atoms with Gasteiger partial charge < -0.3 is 10.5 Å². The third-order valence-corrected chi connectivity index (χ3v) is 3.03. The molecule has 2 N–H and O–H groups in total. The van der Waals surface area contributed by atoms with E-state index in [1.54, 1.807) is 7.11 Å². The minimum atomic E-state index is -0.179. The van der Waals surface area contributed by atoms with E-state index in [-0.39, 0.29) is 11.9 Å². The average molecular weight is 209 g/mol. The lowest BCUT2D eigenvalue weighted by Gasteiger charge is -2.14. The molecular weight excluding hydrogens is 193 g/mol. The van der Waals surface area contributed by atoms with Gasteiger partial charge in [-0.05, 0) is 36.5 Å². The number of halogens is 1. The van der Waals surface area contributed by atoms with E-state index < -0.39 is 0 Å². The highest BCUT2D eigenvalue weighted by molar-refractivity contribution is 5.39. The average Bonchev–Trinajstić information content (AvgIpc) is 2.41. The van der Waals surface area contributed by atoms with Crippen LogP contribution < -0.4 is 10.5 Å². The molecule has 0 fully saturated rings. The molecule has 0 aromatic heterocycles. The van der Waals surface area contributed by atoms with Crippen molar-refractivity contribution < 1.29 is 9.13 Å². The van der Waals surface area contributed by atoms with Crippen molar-refractivity contribution >= 4 is 0 Å². The highest BCUT2D eigenvalue weighted by atomic mass is 19.1. The summed E-state index contributed by atoms with van der Waals surface area (Å²) in [5, 5.41) is 0. The minimum absolute atomic E-state index is 0.0490. The van der Waals surface area contributed by atoms with Gasteiger partial charge in [0.1, 0.15) is 11.6 Å². The topological polar surface area (TPSA) is 35.2 Å². The van der Waals surface area contributed by atoms with Gasteiger partial charge >= 0.3 is 0 Å². The van der Waals surface area contributed by atoms with Crippen LogP contribution in [-0.2, 0) is 6.42 Å². The van der Waals surface area contributed by atoms with E-state index in [9.17, 15) is 4.39 Å². The Morgan fingerprint density at radius 2 is 2.20 bits per heavy atom. The molecule has 82 valence electrons. The standard InChI is InChI=1S/C12H16FNO/c1-15-8-6-10-9(11(13)7-8)4-2-3-5-12(10)14/h6-7,12H,2-5,14H2,1H3/t12-/m0/s1. The highest BCUT2D eigenvalue weighted by Crippen LogP contribution is 2.31. The van der Waals surface area contributed by atoms with Gasteiger partial charge in [-0.2, -0.15) is 0 Å². The summed E-state index contributed by atoms with van der Waals surface area (Å²) in [6, 6.07) is 3.26. The number of nitrogens with two attached hydrogens (primary N) is 1. The van der Waals surface area contributed by atoms with Gasteiger partial charge in [-0.25, -0.2) is 4.39 Å². The van der Waals surface area contributed by atoms with Gasteiger partial charge in [0.2, 0.25) is 0 Å². The van der Waals surface area contributed by atoms with Crippen molar-refractivity contribution in [1.82, 2.24) is 0 Å². The SMILES string of the molecule is COc1cc(F)c2c(c1)[C@@H](N)CCCC2. The first-order valence-corrected chi connectivity index (χ1v) is 5.34. The van der Waals surface area contributed by atoms with Crippen molar-refractivity contribution in [2.75, 3.05) is 7.11 Å². The Labute approximate surface area is 89.2 Å². The Morgan fingerprint density at radius 1 is 1.40 bits per heavy atom. The van der Waals surface area contributed by atoms with Crippen molar-refractivity contribution in [3.8, 4) is 5.75 Å². The van der Waals surface area contributed by atoms with Crippen LogP contribution in [-0.4, -0.2) is 7.11 Å². The molecule has 0 unspecified atom stereocenters. The summed E-state index contributed by atoms with van der Waals surface area (Å²) in [5.74, 6) is 0.380. The fraction of sp³-hybridized carbons (Fsp3) is 0.500. The molecular formula is C12H16FNO. The van der Waals surface area contributed by atoms with Crippen LogP contribution in [0.4, 0.5) is 4.39 Å². The molecule has 1 aromatic rings. The first-order chi connectivity index (χ1) is 7.22. The number of rotatable bonds is 1. The van der Waals surface area contributed by atoms with Crippen molar-refractivity contribution in [2.45, 2.75) is 31.7 Å². The second kappa shape index (κ2) is 4.19. The second-order valence-electron chi connectivity index (χ2n) is 4.03. The number of fused-ring (bicyclic) bond motifs is 1. The smallest absolute Gasteiger partial charge is 0.130 e. The molecule has 0 spiro atoms. The zero-order valence-corrected chi connectivity index (χ0v) is 8.92. The molecule has 0 amide bonds. The molecule has 0 saturated heterocycles. The number of hydrogen-bond acceptors (Lipinski definition) is 2. The van der Waals surface area contributed by atoms with E-state index in [2.05, 4.69) is 0 Å². The lowest BCUT2D eigenvalue weighted by Crippen LogP contribution is -2.11. The van der Waals surface area contributed by atoms with E-state index in [0.29, 0.717) is 5.75 Å². The molecule has 3 heteroatoms. The van der Waals surface area contributed by atoms with E-state index in [0.717, 1.165) is 36.8 Å². The van der Waals surface area contributed by atoms with Crippen LogP contribution in [0.2, 0.25) is 0 Å². The van der Waals surface area contributed by atoms with Gasteiger partial charge in [-0.3, -0.25) is 0 Å². The summed E-state index contributed by atoms with van der Waals surface area (Å²) in [4.78, 5) is 0. The molecule has 0 aliphatic heterocycles. The summed E-state index contributed by atoms with van der Waals surface area (Å²) >= 11 is 0. The van der Waals surface area contributed by atoms with Crippen LogP contribution in [0, 0.1) is 5.82 Å². The fourth-order valence-electron chi connectivity index (χ4n) is 2.17. The first kappa shape index (κ1) is 10.4. The zero-order chi connectivity index (χ0) is 10.8. The van der Waals surface area contributed by atoms with E-state index in [1.165, 1.54) is 6.07 Å². The predicted molar refractivity (Wildman–Crippen MR) is 57.4 cm³/mol. The van der Waals surface area contributed by atoms with Gasteiger partial charge in [0, 0.05) is 12.1 Å². The minimum Gasteiger partial charge on any atom is -0.497 e. The summed E-state index contributed by atoms with van der Waals surface area (Å²) in [5.41, 5.74) is 7.72. The number of methoxy groups -OCH3 is 1. The molecule has 0 radical (unpaired) electrons. The van der Waals surface area contributed by atoms with Crippen LogP contribution in [0.15, 0.2) is 12.1 Å². The van der Waals surface area contributed by atoms with Crippen LogP contribution in [0.25, 0.3) is 0 Å². The van der Waals surface area contributed by atoms with E-state index >= 15 is 0 Å².